The number of nitrogens with zero attached hydrogens (tertiary/aromatic N) is 1. The molecule has 0 bridgehead atoms. The summed E-state index contributed by atoms with van der Waals surface area (Å²) in [5.74, 6) is -0.00745. The Bertz CT molecular complexity index is 647. The van der Waals surface area contributed by atoms with Crippen molar-refractivity contribution >= 4 is 24.3 Å². The fraction of sp³-hybridized carbons (Fsp3) is 0.636. The molecule has 1 aromatic carbocycles. The molecular weight excluding hydrogens is 388 g/mol. The summed E-state index contributed by atoms with van der Waals surface area (Å²) >= 11 is 0. The molecule has 29 heavy (non-hydrogen) atoms. The third-order valence-corrected chi connectivity index (χ3v) is 5.78. The number of fused-ring (bicyclic) bond motifs is 1. The largest absolute Gasteiger partial charge is 0.355 e. The minimum atomic E-state index is -0.0858. The normalized spacial score (nSPS) is 16.9. The van der Waals surface area contributed by atoms with Crippen LogP contribution in [0.15, 0.2) is 24.3 Å². The number of nitrogens with one attached hydrogen (secondary N) is 3. The van der Waals surface area contributed by atoms with E-state index in [4.69, 9.17) is 0 Å². The smallest absolute Gasteiger partial charge is 0.317 e. The van der Waals surface area contributed by atoms with Gasteiger partial charge in [0.25, 0.3) is 0 Å². The number of carbonyl (C=O) groups excluding carboxylic acids is 2. The first kappa shape index (κ1) is 23.5. The molecule has 2 aliphatic rings. The quantitative estimate of drug-likeness (QED) is 0.467. The average Bonchev–Trinajstić information content (AvgIpc) is 2.99. The second-order valence-corrected chi connectivity index (χ2v) is 7.91. The van der Waals surface area contributed by atoms with Crippen LogP contribution in [0.25, 0.3) is 0 Å². The van der Waals surface area contributed by atoms with Gasteiger partial charge in [-0.25, -0.2) is 4.79 Å². The minimum absolute atomic E-state index is 0. The van der Waals surface area contributed by atoms with Crippen molar-refractivity contribution in [2.24, 2.45) is 0 Å². The van der Waals surface area contributed by atoms with E-state index in [0.29, 0.717) is 32.1 Å². The molecule has 1 saturated carbocycles. The van der Waals surface area contributed by atoms with Gasteiger partial charge in [-0.15, -0.1) is 12.4 Å². The molecule has 1 aliphatic carbocycles. The minimum Gasteiger partial charge on any atom is -0.355 e. The van der Waals surface area contributed by atoms with Gasteiger partial charge < -0.3 is 20.9 Å². The molecule has 0 radical (unpaired) electrons. The first-order valence-electron chi connectivity index (χ1n) is 10.8. The highest BCUT2D eigenvalue weighted by Gasteiger charge is 2.20. The van der Waals surface area contributed by atoms with Crippen LogP contribution < -0.4 is 16.0 Å². The topological polar surface area (TPSA) is 73.5 Å². The molecule has 0 saturated heterocycles. The molecule has 0 aromatic heterocycles. The van der Waals surface area contributed by atoms with Gasteiger partial charge in [0.15, 0.2) is 0 Å². The molecule has 1 fully saturated rings. The van der Waals surface area contributed by atoms with E-state index in [1.165, 1.54) is 49.7 Å². The van der Waals surface area contributed by atoms with Crippen molar-refractivity contribution in [3.8, 4) is 0 Å². The average molecular weight is 423 g/mol. The lowest BCUT2D eigenvalue weighted by atomic mass is 10.0. The Morgan fingerprint density at radius 1 is 0.931 bits per heavy atom. The summed E-state index contributed by atoms with van der Waals surface area (Å²) in [7, 11) is 0. The van der Waals surface area contributed by atoms with Crippen molar-refractivity contribution in [1.29, 1.82) is 0 Å². The van der Waals surface area contributed by atoms with Crippen molar-refractivity contribution in [2.45, 2.75) is 64.0 Å². The highest BCUT2D eigenvalue weighted by molar-refractivity contribution is 5.85. The summed E-state index contributed by atoms with van der Waals surface area (Å²) in [6.07, 6.45) is 9.04. The maximum Gasteiger partial charge on any atom is 0.317 e. The van der Waals surface area contributed by atoms with Gasteiger partial charge in [0.1, 0.15) is 0 Å². The van der Waals surface area contributed by atoms with Gasteiger partial charge in [0.2, 0.25) is 5.91 Å². The van der Waals surface area contributed by atoms with E-state index in [2.05, 4.69) is 28.1 Å². The van der Waals surface area contributed by atoms with Crippen LogP contribution in [0.1, 0.15) is 56.1 Å². The van der Waals surface area contributed by atoms with Crippen LogP contribution >= 0.6 is 12.4 Å². The van der Waals surface area contributed by atoms with E-state index in [-0.39, 0.29) is 24.3 Å². The summed E-state index contributed by atoms with van der Waals surface area (Å²) in [4.78, 5) is 26.1. The third kappa shape index (κ3) is 7.86. The monoisotopic (exact) mass is 422 g/mol. The van der Waals surface area contributed by atoms with Gasteiger partial charge in [-0.1, -0.05) is 49.9 Å². The van der Waals surface area contributed by atoms with Crippen molar-refractivity contribution in [3.63, 3.8) is 0 Å². The molecule has 3 rings (SSSR count). The van der Waals surface area contributed by atoms with Crippen LogP contribution in [0.2, 0.25) is 0 Å². The third-order valence-electron chi connectivity index (χ3n) is 5.78. The number of benzene rings is 1. The molecule has 3 N–H and O–H groups in total. The van der Waals surface area contributed by atoms with Crippen molar-refractivity contribution in [3.05, 3.63) is 35.4 Å². The molecule has 6 nitrogen and oxygen atoms in total. The summed E-state index contributed by atoms with van der Waals surface area (Å²) in [5.41, 5.74) is 2.53. The van der Waals surface area contributed by atoms with Crippen LogP contribution in [0.3, 0.4) is 0 Å². The first-order valence-corrected chi connectivity index (χ1v) is 10.8. The predicted octanol–water partition coefficient (Wildman–Crippen LogP) is 2.99. The Morgan fingerprint density at radius 3 is 2.41 bits per heavy atom. The highest BCUT2D eigenvalue weighted by Crippen LogP contribution is 2.18. The molecule has 0 unspecified atom stereocenters. The van der Waals surface area contributed by atoms with Gasteiger partial charge >= 0.3 is 6.03 Å². The van der Waals surface area contributed by atoms with Crippen LogP contribution in [-0.4, -0.2) is 49.1 Å². The Kier molecular flexibility index (Phi) is 10.3. The molecule has 1 heterocycles. The van der Waals surface area contributed by atoms with E-state index in [0.717, 1.165) is 19.5 Å². The van der Waals surface area contributed by atoms with Crippen LogP contribution in [0.5, 0.6) is 0 Å². The molecule has 1 aliphatic heterocycles. The van der Waals surface area contributed by atoms with Crippen LogP contribution in [0, 0.1) is 0 Å². The van der Waals surface area contributed by atoms with Gasteiger partial charge in [-0.3, -0.25) is 4.79 Å². The maximum absolute atomic E-state index is 12.3. The van der Waals surface area contributed by atoms with E-state index >= 15 is 0 Å². The van der Waals surface area contributed by atoms with Gasteiger partial charge in [0.05, 0.1) is 0 Å². The summed E-state index contributed by atoms with van der Waals surface area (Å²) < 4.78 is 0. The van der Waals surface area contributed by atoms with Crippen LogP contribution in [-0.2, 0) is 17.8 Å². The maximum atomic E-state index is 12.3. The number of hydrogen-bond donors (Lipinski definition) is 3. The fourth-order valence-electron chi connectivity index (χ4n) is 4.11. The molecule has 162 valence electrons. The predicted molar refractivity (Wildman–Crippen MR) is 118 cm³/mol. The summed E-state index contributed by atoms with van der Waals surface area (Å²) in [6, 6.07) is 8.77. The Balaban J connectivity index is 0.00000300. The van der Waals surface area contributed by atoms with Gasteiger partial charge in [0, 0.05) is 45.2 Å². The Hall–Kier alpha value is -1.79. The van der Waals surface area contributed by atoms with Gasteiger partial charge in [-0.2, -0.15) is 0 Å². The highest BCUT2D eigenvalue weighted by atomic mass is 35.5. The lowest BCUT2D eigenvalue weighted by molar-refractivity contribution is -0.120. The van der Waals surface area contributed by atoms with E-state index in [1.54, 1.807) is 0 Å². The summed E-state index contributed by atoms with van der Waals surface area (Å²) in [6.45, 7) is 3.20. The Labute approximate surface area is 180 Å². The zero-order valence-corrected chi connectivity index (χ0v) is 18.1. The lowest BCUT2D eigenvalue weighted by Gasteiger charge is -2.28. The second-order valence-electron chi connectivity index (χ2n) is 7.91. The standard InChI is InChI=1S/C22H34N4O2.ClH/c27-21(24-15-14-23-20-9-3-1-2-4-10-20)11-13-25-22(28)26-16-12-18-7-5-6-8-19(18)17-26;/h5-8,20,23H,1-4,9-17H2,(H,24,27)(H,25,28);1H. The zero-order valence-electron chi connectivity index (χ0n) is 17.3. The van der Waals surface area contributed by atoms with Gasteiger partial charge in [-0.05, 0) is 30.4 Å². The molecule has 1 aromatic rings. The number of halogens is 1. The number of carbonyl (C=O) groups is 2. The van der Waals surface area contributed by atoms with Crippen LogP contribution in [0.4, 0.5) is 4.79 Å². The molecule has 0 atom stereocenters. The number of rotatable bonds is 7. The van der Waals surface area contributed by atoms with Crippen molar-refractivity contribution in [1.82, 2.24) is 20.9 Å². The lowest BCUT2D eigenvalue weighted by Crippen LogP contribution is -2.44. The van der Waals surface area contributed by atoms with E-state index < -0.39 is 0 Å². The second kappa shape index (κ2) is 12.7. The fourth-order valence-corrected chi connectivity index (χ4v) is 4.11. The molecule has 0 spiro atoms. The van der Waals surface area contributed by atoms with Crippen molar-refractivity contribution in [2.75, 3.05) is 26.2 Å². The SMILES string of the molecule is Cl.O=C(CCNC(=O)N1CCc2ccccc2C1)NCCNC1CCCCCC1. The Morgan fingerprint density at radius 2 is 1.66 bits per heavy atom. The number of hydrogen-bond acceptors (Lipinski definition) is 3. The number of amides is 3. The molecule has 3 amide bonds. The number of urea groups is 1. The molecule has 7 heteroatoms. The van der Waals surface area contributed by atoms with E-state index in [1.807, 2.05) is 17.0 Å². The zero-order chi connectivity index (χ0) is 19.6. The van der Waals surface area contributed by atoms with Crippen molar-refractivity contribution < 1.29 is 9.59 Å². The summed E-state index contributed by atoms with van der Waals surface area (Å²) in [5, 5.41) is 9.36. The van der Waals surface area contributed by atoms with E-state index in [9.17, 15) is 9.59 Å². The first-order chi connectivity index (χ1) is 13.7. The molecular formula is C22H35ClN4O2.